The molecule has 1 aliphatic rings. The number of rotatable bonds is 4. The van der Waals surface area contributed by atoms with E-state index in [0.29, 0.717) is 5.69 Å². The van der Waals surface area contributed by atoms with Gasteiger partial charge in [-0.25, -0.2) is 0 Å². The maximum Gasteiger partial charge on any atom is 0.273 e. The zero-order chi connectivity index (χ0) is 23.9. The average molecular weight is 460 g/mol. The number of amides is 1. The number of imidazole rings is 1. The van der Waals surface area contributed by atoms with Crippen molar-refractivity contribution in [2.75, 3.05) is 5.32 Å². The minimum Gasteiger partial charge on any atom is -0.325 e. The SMILES string of the molecule is Cc1ccc(NC(=O)c2c(-c3ccc(C)cc3)c3c4n(c(-c5ccccc5)cn24)CCCC3)cc1. The topological polar surface area (TPSA) is 38.4 Å². The van der Waals surface area contributed by atoms with E-state index in [1.54, 1.807) is 0 Å². The van der Waals surface area contributed by atoms with Crippen molar-refractivity contribution in [3.63, 3.8) is 0 Å². The summed E-state index contributed by atoms with van der Waals surface area (Å²) in [4.78, 5) is 13.9. The second kappa shape index (κ2) is 8.62. The molecule has 6 rings (SSSR count). The molecule has 1 aliphatic heterocycles. The predicted molar refractivity (Wildman–Crippen MR) is 143 cm³/mol. The highest BCUT2D eigenvalue weighted by molar-refractivity contribution is 6.10. The predicted octanol–water partition coefficient (Wildman–Crippen LogP) is 7.28. The van der Waals surface area contributed by atoms with E-state index in [4.69, 9.17) is 0 Å². The smallest absolute Gasteiger partial charge is 0.273 e. The molecule has 0 spiro atoms. The highest BCUT2D eigenvalue weighted by atomic mass is 16.1. The Hall–Kier alpha value is -4.05. The van der Waals surface area contributed by atoms with Gasteiger partial charge in [-0.3, -0.25) is 9.20 Å². The van der Waals surface area contributed by atoms with Gasteiger partial charge in [-0.05, 0) is 56.4 Å². The first-order valence-corrected chi connectivity index (χ1v) is 12.4. The van der Waals surface area contributed by atoms with Crippen LogP contribution in [0.15, 0.2) is 85.1 Å². The van der Waals surface area contributed by atoms with Crippen LogP contribution in [0.2, 0.25) is 0 Å². The summed E-state index contributed by atoms with van der Waals surface area (Å²) in [5.41, 5.74) is 10.8. The van der Waals surface area contributed by atoms with Crippen molar-refractivity contribution in [1.29, 1.82) is 0 Å². The third-order valence-corrected chi connectivity index (χ3v) is 7.07. The molecule has 35 heavy (non-hydrogen) atoms. The van der Waals surface area contributed by atoms with Crippen LogP contribution >= 0.6 is 0 Å². The summed E-state index contributed by atoms with van der Waals surface area (Å²) in [6, 6.07) is 27.0. The molecule has 0 saturated carbocycles. The van der Waals surface area contributed by atoms with E-state index in [-0.39, 0.29) is 5.91 Å². The molecule has 0 saturated heterocycles. The maximum absolute atomic E-state index is 13.9. The van der Waals surface area contributed by atoms with E-state index in [2.05, 4.69) is 82.9 Å². The number of hydrogen-bond acceptors (Lipinski definition) is 1. The summed E-state index contributed by atoms with van der Waals surface area (Å²) in [6.45, 7) is 5.10. The van der Waals surface area contributed by atoms with Crippen molar-refractivity contribution in [2.24, 2.45) is 0 Å². The van der Waals surface area contributed by atoms with Gasteiger partial charge in [0.2, 0.25) is 0 Å². The molecule has 1 amide bonds. The van der Waals surface area contributed by atoms with Crippen molar-refractivity contribution >= 4 is 17.2 Å². The van der Waals surface area contributed by atoms with Crippen molar-refractivity contribution < 1.29 is 4.79 Å². The Balaban J connectivity index is 1.60. The number of nitrogens with zero attached hydrogens (tertiary/aromatic N) is 2. The minimum atomic E-state index is -0.0805. The molecule has 3 heterocycles. The highest BCUT2D eigenvalue weighted by Crippen LogP contribution is 2.39. The highest BCUT2D eigenvalue weighted by Gasteiger charge is 2.29. The van der Waals surface area contributed by atoms with Crippen molar-refractivity contribution in [2.45, 2.75) is 39.7 Å². The molecule has 0 atom stereocenters. The number of carbonyl (C=O) groups is 1. The Bertz CT molecular complexity index is 1520. The summed E-state index contributed by atoms with van der Waals surface area (Å²) >= 11 is 0. The van der Waals surface area contributed by atoms with Crippen LogP contribution in [-0.4, -0.2) is 14.9 Å². The van der Waals surface area contributed by atoms with Crippen LogP contribution in [0.4, 0.5) is 5.69 Å². The molecule has 0 aliphatic carbocycles. The molecule has 2 aromatic heterocycles. The summed E-state index contributed by atoms with van der Waals surface area (Å²) in [5.74, 6) is -0.0805. The molecule has 3 aromatic carbocycles. The van der Waals surface area contributed by atoms with Crippen LogP contribution < -0.4 is 5.32 Å². The summed E-state index contributed by atoms with van der Waals surface area (Å²) in [7, 11) is 0. The van der Waals surface area contributed by atoms with Crippen LogP contribution in [0.25, 0.3) is 28.0 Å². The minimum absolute atomic E-state index is 0.0805. The van der Waals surface area contributed by atoms with Gasteiger partial charge in [0.15, 0.2) is 0 Å². The molecule has 0 fully saturated rings. The van der Waals surface area contributed by atoms with Crippen LogP contribution in [0.5, 0.6) is 0 Å². The maximum atomic E-state index is 13.9. The number of aromatic nitrogens is 2. The Kier molecular flexibility index (Phi) is 5.29. The van der Waals surface area contributed by atoms with Crippen molar-refractivity contribution in [3.8, 4) is 22.4 Å². The Labute approximate surface area is 205 Å². The number of hydrogen-bond donors (Lipinski definition) is 1. The fraction of sp³-hybridized carbons (Fsp3) is 0.194. The lowest BCUT2D eigenvalue weighted by Gasteiger charge is -2.11. The first-order chi connectivity index (χ1) is 17.1. The average Bonchev–Trinajstić information content (AvgIpc) is 3.29. The van der Waals surface area contributed by atoms with Gasteiger partial charge in [-0.2, -0.15) is 0 Å². The zero-order valence-corrected chi connectivity index (χ0v) is 20.2. The third-order valence-electron chi connectivity index (χ3n) is 7.07. The lowest BCUT2D eigenvalue weighted by atomic mass is 9.97. The molecule has 4 heteroatoms. The lowest BCUT2D eigenvalue weighted by molar-refractivity contribution is 0.102. The van der Waals surface area contributed by atoms with Gasteiger partial charge in [0, 0.05) is 29.6 Å². The zero-order valence-electron chi connectivity index (χ0n) is 20.2. The summed E-state index contributed by atoms with van der Waals surface area (Å²) in [5, 5.41) is 3.17. The molecule has 174 valence electrons. The van der Waals surface area contributed by atoms with E-state index in [1.165, 1.54) is 22.3 Å². The van der Waals surface area contributed by atoms with Gasteiger partial charge in [-0.15, -0.1) is 0 Å². The summed E-state index contributed by atoms with van der Waals surface area (Å²) < 4.78 is 4.56. The van der Waals surface area contributed by atoms with Gasteiger partial charge in [-0.1, -0.05) is 77.9 Å². The van der Waals surface area contributed by atoms with E-state index in [1.807, 2.05) is 30.3 Å². The normalized spacial score (nSPS) is 13.1. The number of benzene rings is 3. The van der Waals surface area contributed by atoms with Gasteiger partial charge in [0.1, 0.15) is 11.3 Å². The summed E-state index contributed by atoms with van der Waals surface area (Å²) in [6.07, 6.45) is 5.34. The molecule has 0 unspecified atom stereocenters. The second-order valence-electron chi connectivity index (χ2n) is 9.57. The van der Waals surface area contributed by atoms with E-state index in [0.717, 1.165) is 54.0 Å². The van der Waals surface area contributed by atoms with Crippen molar-refractivity contribution in [1.82, 2.24) is 8.97 Å². The first kappa shape index (κ1) is 21.5. The Morgan fingerprint density at radius 1 is 0.800 bits per heavy atom. The van der Waals surface area contributed by atoms with Gasteiger partial charge >= 0.3 is 0 Å². The number of nitrogens with one attached hydrogen (secondary N) is 1. The molecule has 4 nitrogen and oxygen atoms in total. The monoisotopic (exact) mass is 459 g/mol. The largest absolute Gasteiger partial charge is 0.325 e. The number of anilines is 1. The number of aryl methyl sites for hydroxylation is 4. The van der Waals surface area contributed by atoms with Gasteiger partial charge in [0.25, 0.3) is 5.91 Å². The fourth-order valence-electron chi connectivity index (χ4n) is 5.31. The fourth-order valence-corrected chi connectivity index (χ4v) is 5.31. The van der Waals surface area contributed by atoms with Gasteiger partial charge in [0.05, 0.1) is 5.69 Å². The van der Waals surface area contributed by atoms with E-state index >= 15 is 0 Å². The Morgan fingerprint density at radius 2 is 1.49 bits per heavy atom. The third kappa shape index (κ3) is 3.75. The standard InChI is InChI=1S/C31H29N3O/c1-21-11-15-24(16-12-21)28-26-10-6-7-19-33-27(23-8-4-3-5-9-23)20-34(31(26)33)29(28)30(35)32-25-17-13-22(2)14-18-25/h3-5,8-9,11-18,20H,6-7,10,19H2,1-2H3,(H,32,35). The van der Waals surface area contributed by atoms with Crippen LogP contribution in [0.1, 0.15) is 40.0 Å². The second-order valence-corrected chi connectivity index (χ2v) is 9.57. The quantitative estimate of drug-likeness (QED) is 0.301. The van der Waals surface area contributed by atoms with E-state index in [9.17, 15) is 4.79 Å². The first-order valence-electron chi connectivity index (χ1n) is 12.4. The molecular weight excluding hydrogens is 430 g/mol. The van der Waals surface area contributed by atoms with Crippen LogP contribution in [-0.2, 0) is 13.0 Å². The van der Waals surface area contributed by atoms with Crippen LogP contribution in [0, 0.1) is 13.8 Å². The molecule has 1 N–H and O–H groups in total. The number of carbonyl (C=O) groups excluding carboxylic acids is 1. The van der Waals surface area contributed by atoms with Crippen LogP contribution in [0.3, 0.4) is 0 Å². The molecule has 0 radical (unpaired) electrons. The van der Waals surface area contributed by atoms with E-state index < -0.39 is 0 Å². The molecule has 5 aromatic rings. The Morgan fingerprint density at radius 3 is 2.20 bits per heavy atom. The lowest BCUT2D eigenvalue weighted by Crippen LogP contribution is -2.15. The molecule has 0 bridgehead atoms. The van der Waals surface area contributed by atoms with Gasteiger partial charge < -0.3 is 9.88 Å². The van der Waals surface area contributed by atoms with Crippen molar-refractivity contribution in [3.05, 3.63) is 107 Å². The molecular formula is C31H29N3O.